The zero-order valence-electron chi connectivity index (χ0n) is 12.1. The summed E-state index contributed by atoms with van der Waals surface area (Å²) in [5, 5.41) is 3.70. The molecule has 104 valence electrons. The summed E-state index contributed by atoms with van der Waals surface area (Å²) in [4.78, 5) is 0. The molecule has 4 aliphatic rings. The van der Waals surface area contributed by atoms with Crippen LogP contribution in [0, 0.1) is 23.2 Å². The molecule has 1 nitrogen and oxygen atoms in total. The van der Waals surface area contributed by atoms with Crippen LogP contribution in [-0.4, -0.2) is 24.6 Å². The molecule has 1 atom stereocenters. The quantitative estimate of drug-likeness (QED) is 0.732. The Labute approximate surface area is 117 Å². The van der Waals surface area contributed by atoms with Gasteiger partial charge in [-0.3, -0.25) is 0 Å². The Balaban J connectivity index is 1.68. The van der Waals surface area contributed by atoms with Gasteiger partial charge in [0, 0.05) is 11.8 Å². The number of thioether (sulfide) groups is 1. The smallest absolute Gasteiger partial charge is 0.0211 e. The second-order valence-electron chi connectivity index (χ2n) is 7.20. The van der Waals surface area contributed by atoms with Crippen LogP contribution in [-0.2, 0) is 0 Å². The second-order valence-corrected chi connectivity index (χ2v) is 8.35. The molecule has 18 heavy (non-hydrogen) atoms. The van der Waals surface area contributed by atoms with Crippen LogP contribution in [0.15, 0.2) is 0 Å². The highest BCUT2D eigenvalue weighted by molar-refractivity contribution is 7.99. The predicted octanol–water partition coefficient (Wildman–Crippen LogP) is 3.93. The van der Waals surface area contributed by atoms with Crippen LogP contribution in [0.2, 0.25) is 0 Å². The molecule has 4 rings (SSSR count). The van der Waals surface area contributed by atoms with Crippen LogP contribution in [0.5, 0.6) is 0 Å². The van der Waals surface area contributed by atoms with Crippen LogP contribution in [0.3, 0.4) is 0 Å². The summed E-state index contributed by atoms with van der Waals surface area (Å²) in [7, 11) is 2.20. The molecule has 1 N–H and O–H groups in total. The Morgan fingerprint density at radius 2 is 1.67 bits per heavy atom. The standard InChI is InChI=1S/C16H29NS/c1-3-4-18-11-15(17-2)16-8-12-5-13(9-16)7-14(6-12)10-16/h12-15,17H,3-11H2,1-2H3. The molecular weight excluding hydrogens is 238 g/mol. The normalized spacial score (nSPS) is 43.3. The van der Waals surface area contributed by atoms with Gasteiger partial charge >= 0.3 is 0 Å². The van der Waals surface area contributed by atoms with Crippen LogP contribution in [0.1, 0.15) is 51.9 Å². The summed E-state index contributed by atoms with van der Waals surface area (Å²) in [6.07, 6.45) is 10.6. The molecule has 4 saturated carbocycles. The maximum Gasteiger partial charge on any atom is 0.0211 e. The topological polar surface area (TPSA) is 12.0 Å². The number of nitrogens with one attached hydrogen (secondary N) is 1. The lowest BCUT2D eigenvalue weighted by Gasteiger charge is -2.59. The van der Waals surface area contributed by atoms with Crippen LogP contribution >= 0.6 is 11.8 Å². The minimum absolute atomic E-state index is 0.685. The van der Waals surface area contributed by atoms with E-state index >= 15 is 0 Å². The van der Waals surface area contributed by atoms with Gasteiger partial charge in [-0.25, -0.2) is 0 Å². The molecule has 0 aromatic carbocycles. The predicted molar refractivity (Wildman–Crippen MR) is 81.1 cm³/mol. The third-order valence-electron chi connectivity index (χ3n) is 5.81. The first kappa shape index (κ1) is 13.3. The van der Waals surface area contributed by atoms with Gasteiger partial charge in [-0.1, -0.05) is 6.92 Å². The number of hydrogen-bond donors (Lipinski definition) is 1. The van der Waals surface area contributed by atoms with E-state index in [1.165, 1.54) is 37.2 Å². The fourth-order valence-corrected chi connectivity index (χ4v) is 6.73. The Morgan fingerprint density at radius 1 is 1.11 bits per heavy atom. The zero-order chi connectivity index (χ0) is 12.6. The first-order valence-electron chi connectivity index (χ1n) is 8.00. The molecule has 0 saturated heterocycles. The summed E-state index contributed by atoms with van der Waals surface area (Å²) < 4.78 is 0. The van der Waals surface area contributed by atoms with Crippen molar-refractivity contribution in [3.05, 3.63) is 0 Å². The highest BCUT2D eigenvalue weighted by Gasteiger charge is 2.53. The molecular formula is C16H29NS. The minimum Gasteiger partial charge on any atom is -0.316 e. The van der Waals surface area contributed by atoms with Crippen molar-refractivity contribution in [3.8, 4) is 0 Å². The van der Waals surface area contributed by atoms with E-state index in [4.69, 9.17) is 0 Å². The van der Waals surface area contributed by atoms with Gasteiger partial charge < -0.3 is 5.32 Å². The van der Waals surface area contributed by atoms with E-state index in [-0.39, 0.29) is 0 Å². The molecule has 2 heteroatoms. The molecule has 0 spiro atoms. The number of rotatable bonds is 6. The molecule has 0 radical (unpaired) electrons. The van der Waals surface area contributed by atoms with Crippen LogP contribution < -0.4 is 5.32 Å². The summed E-state index contributed by atoms with van der Waals surface area (Å²) in [5.74, 6) is 5.94. The third-order valence-corrected chi connectivity index (χ3v) is 7.07. The first-order valence-corrected chi connectivity index (χ1v) is 9.16. The zero-order valence-corrected chi connectivity index (χ0v) is 12.9. The Kier molecular flexibility index (Phi) is 3.96. The molecule has 4 aliphatic carbocycles. The highest BCUT2D eigenvalue weighted by atomic mass is 32.2. The lowest BCUT2D eigenvalue weighted by molar-refractivity contribution is -0.0682. The maximum absolute atomic E-state index is 3.70. The van der Waals surface area contributed by atoms with Crippen LogP contribution in [0.25, 0.3) is 0 Å². The van der Waals surface area contributed by atoms with Gasteiger partial charge in [0.1, 0.15) is 0 Å². The lowest BCUT2D eigenvalue weighted by Crippen LogP contribution is -2.56. The summed E-state index contributed by atoms with van der Waals surface area (Å²) in [5.41, 5.74) is 0.685. The van der Waals surface area contributed by atoms with Gasteiger partial charge in [-0.2, -0.15) is 11.8 Å². The average molecular weight is 267 g/mol. The van der Waals surface area contributed by atoms with Crippen molar-refractivity contribution in [2.75, 3.05) is 18.6 Å². The monoisotopic (exact) mass is 267 g/mol. The van der Waals surface area contributed by atoms with Crippen molar-refractivity contribution in [1.29, 1.82) is 0 Å². The van der Waals surface area contributed by atoms with Crippen molar-refractivity contribution in [3.63, 3.8) is 0 Å². The van der Waals surface area contributed by atoms with Crippen molar-refractivity contribution < 1.29 is 0 Å². The van der Waals surface area contributed by atoms with Crippen molar-refractivity contribution in [2.45, 2.75) is 57.9 Å². The lowest BCUT2D eigenvalue weighted by atomic mass is 9.48. The fraction of sp³-hybridized carbons (Fsp3) is 1.00. The largest absolute Gasteiger partial charge is 0.316 e. The highest BCUT2D eigenvalue weighted by Crippen LogP contribution is 2.61. The second kappa shape index (κ2) is 5.36. The summed E-state index contributed by atoms with van der Waals surface area (Å²) in [6, 6.07) is 0.780. The van der Waals surface area contributed by atoms with Gasteiger partial charge in [-0.05, 0) is 80.9 Å². The summed E-state index contributed by atoms with van der Waals surface area (Å²) in [6.45, 7) is 2.30. The van der Waals surface area contributed by atoms with E-state index in [2.05, 4.69) is 31.1 Å². The third kappa shape index (κ3) is 2.35. The Bertz CT molecular complexity index is 254. The SMILES string of the molecule is CCCSCC(NC)C12CC3CC(CC(C3)C1)C2. The summed E-state index contributed by atoms with van der Waals surface area (Å²) >= 11 is 2.17. The Hall–Kier alpha value is 0.310. The molecule has 0 aromatic rings. The van der Waals surface area contributed by atoms with Gasteiger partial charge in [0.05, 0.1) is 0 Å². The Morgan fingerprint density at radius 3 is 2.11 bits per heavy atom. The van der Waals surface area contributed by atoms with Gasteiger partial charge in [0.15, 0.2) is 0 Å². The fourth-order valence-electron chi connectivity index (χ4n) is 5.52. The van der Waals surface area contributed by atoms with E-state index in [9.17, 15) is 0 Å². The molecule has 0 heterocycles. The molecule has 0 aromatic heterocycles. The van der Waals surface area contributed by atoms with E-state index < -0.39 is 0 Å². The minimum atomic E-state index is 0.685. The van der Waals surface area contributed by atoms with Crippen molar-refractivity contribution in [2.24, 2.45) is 23.2 Å². The van der Waals surface area contributed by atoms with Crippen LogP contribution in [0.4, 0.5) is 0 Å². The molecule has 0 aliphatic heterocycles. The van der Waals surface area contributed by atoms with Crippen molar-refractivity contribution >= 4 is 11.8 Å². The van der Waals surface area contributed by atoms with Gasteiger partial charge in [0.25, 0.3) is 0 Å². The van der Waals surface area contributed by atoms with Crippen molar-refractivity contribution in [1.82, 2.24) is 5.32 Å². The molecule has 0 amide bonds. The maximum atomic E-state index is 3.70. The van der Waals surface area contributed by atoms with E-state index in [1.807, 2.05) is 0 Å². The number of hydrogen-bond acceptors (Lipinski definition) is 2. The first-order chi connectivity index (χ1) is 8.75. The van der Waals surface area contributed by atoms with Gasteiger partial charge in [-0.15, -0.1) is 0 Å². The van der Waals surface area contributed by atoms with E-state index in [0.29, 0.717) is 5.41 Å². The molecule has 1 unspecified atom stereocenters. The van der Waals surface area contributed by atoms with E-state index in [1.54, 1.807) is 19.3 Å². The average Bonchev–Trinajstić information content (AvgIpc) is 2.32. The van der Waals surface area contributed by atoms with E-state index in [0.717, 1.165) is 23.8 Å². The van der Waals surface area contributed by atoms with Gasteiger partial charge in [0.2, 0.25) is 0 Å². The molecule has 4 bridgehead atoms. The molecule has 4 fully saturated rings.